The van der Waals surface area contributed by atoms with E-state index in [1.165, 1.54) is 0 Å². The summed E-state index contributed by atoms with van der Waals surface area (Å²) in [7, 11) is 0. The van der Waals surface area contributed by atoms with Gasteiger partial charge in [-0.3, -0.25) is 4.79 Å². The molecule has 12 heavy (non-hydrogen) atoms. The van der Waals surface area contributed by atoms with E-state index in [2.05, 4.69) is 0 Å². The Morgan fingerprint density at radius 3 is 2.67 bits per heavy atom. The summed E-state index contributed by atoms with van der Waals surface area (Å²) in [6.07, 6.45) is 0.939. The second kappa shape index (κ2) is 5.97. The van der Waals surface area contributed by atoms with E-state index in [1.54, 1.807) is 0 Å². The van der Waals surface area contributed by atoms with E-state index >= 15 is 0 Å². The zero-order valence-corrected chi connectivity index (χ0v) is 7.62. The average Bonchev–Trinajstić information content (AvgIpc) is 2.04. The predicted octanol–water partition coefficient (Wildman–Crippen LogP) is 0.0378. The second-order valence-electron chi connectivity index (χ2n) is 2.77. The van der Waals surface area contributed by atoms with Crippen molar-refractivity contribution in [1.82, 2.24) is 0 Å². The molecule has 2 atom stereocenters. The van der Waals surface area contributed by atoms with Crippen LogP contribution < -0.4 is 5.73 Å². The Bertz CT molecular complexity index is 138. The zero-order valence-electron chi connectivity index (χ0n) is 7.62. The number of aliphatic hydroxyl groups is 1. The van der Waals surface area contributed by atoms with Crippen LogP contribution in [0.1, 0.15) is 26.7 Å². The summed E-state index contributed by atoms with van der Waals surface area (Å²) in [6, 6.07) is -0.691. The summed E-state index contributed by atoms with van der Waals surface area (Å²) >= 11 is 0. The monoisotopic (exact) mass is 175 g/mol. The van der Waals surface area contributed by atoms with Crippen molar-refractivity contribution in [3.8, 4) is 0 Å². The quantitative estimate of drug-likeness (QED) is 0.578. The van der Waals surface area contributed by atoms with Crippen molar-refractivity contribution in [3.63, 3.8) is 0 Å². The van der Waals surface area contributed by atoms with Gasteiger partial charge in [-0.25, -0.2) is 0 Å². The van der Waals surface area contributed by atoms with Gasteiger partial charge >= 0.3 is 5.97 Å². The maximum atomic E-state index is 11.0. The summed E-state index contributed by atoms with van der Waals surface area (Å²) in [5.74, 6) is -0.432. The fourth-order valence-electron chi connectivity index (χ4n) is 0.626. The van der Waals surface area contributed by atoms with Crippen LogP contribution >= 0.6 is 0 Å². The molecule has 4 heteroatoms. The molecule has 0 radical (unpaired) electrons. The third-order valence-electron chi connectivity index (χ3n) is 1.64. The highest BCUT2D eigenvalue weighted by atomic mass is 16.5. The molecule has 0 aliphatic carbocycles. The third kappa shape index (κ3) is 4.31. The lowest BCUT2D eigenvalue weighted by Gasteiger charge is -2.14. The minimum absolute atomic E-state index is 0.0865. The van der Waals surface area contributed by atoms with Gasteiger partial charge < -0.3 is 15.6 Å². The van der Waals surface area contributed by atoms with Crippen LogP contribution in [0.4, 0.5) is 0 Å². The summed E-state index contributed by atoms with van der Waals surface area (Å²) in [4.78, 5) is 11.0. The molecule has 72 valence electrons. The smallest absolute Gasteiger partial charge is 0.323 e. The van der Waals surface area contributed by atoms with E-state index < -0.39 is 12.0 Å². The fraction of sp³-hybridized carbons (Fsp3) is 0.875. The van der Waals surface area contributed by atoms with Crippen molar-refractivity contribution in [2.75, 3.05) is 6.61 Å². The van der Waals surface area contributed by atoms with Gasteiger partial charge in [-0.1, -0.05) is 6.92 Å². The Kier molecular flexibility index (Phi) is 5.66. The van der Waals surface area contributed by atoms with E-state index in [9.17, 15) is 4.79 Å². The SMILES string of the molecule is CCC(C)OC(=O)[C@@H](N)CCO. The van der Waals surface area contributed by atoms with Crippen LogP contribution in [0.3, 0.4) is 0 Å². The third-order valence-corrected chi connectivity index (χ3v) is 1.64. The molecule has 0 heterocycles. The van der Waals surface area contributed by atoms with Crippen LogP contribution in [0.25, 0.3) is 0 Å². The van der Waals surface area contributed by atoms with E-state index in [4.69, 9.17) is 15.6 Å². The van der Waals surface area contributed by atoms with Gasteiger partial charge in [0, 0.05) is 6.61 Å². The van der Waals surface area contributed by atoms with E-state index in [0.29, 0.717) is 0 Å². The molecule has 0 fully saturated rings. The van der Waals surface area contributed by atoms with E-state index in [-0.39, 0.29) is 19.1 Å². The average molecular weight is 175 g/mol. The van der Waals surface area contributed by atoms with Crippen LogP contribution in [0.2, 0.25) is 0 Å². The van der Waals surface area contributed by atoms with Gasteiger partial charge in [0.1, 0.15) is 6.04 Å². The Hall–Kier alpha value is -0.610. The standard InChI is InChI=1S/C8H17NO3/c1-3-6(2)12-8(11)7(9)4-5-10/h6-7,10H,3-5,9H2,1-2H3/t6?,7-/m0/s1. The summed E-state index contributed by atoms with van der Waals surface area (Å²) < 4.78 is 4.94. The van der Waals surface area contributed by atoms with Crippen molar-refractivity contribution < 1.29 is 14.6 Å². The van der Waals surface area contributed by atoms with Gasteiger partial charge in [0.05, 0.1) is 6.10 Å². The molecule has 0 spiro atoms. The molecule has 0 amide bonds. The van der Waals surface area contributed by atoms with Gasteiger partial charge in [0.2, 0.25) is 0 Å². The van der Waals surface area contributed by atoms with Crippen LogP contribution in [0, 0.1) is 0 Å². The van der Waals surface area contributed by atoms with Crippen LogP contribution in [-0.4, -0.2) is 29.8 Å². The molecule has 0 aromatic carbocycles. The number of rotatable bonds is 5. The number of aliphatic hydroxyl groups excluding tert-OH is 1. The Labute approximate surface area is 72.7 Å². The second-order valence-corrected chi connectivity index (χ2v) is 2.77. The number of hydrogen-bond acceptors (Lipinski definition) is 4. The summed E-state index contributed by atoms with van der Waals surface area (Å²) in [6.45, 7) is 3.65. The highest BCUT2D eigenvalue weighted by Crippen LogP contribution is 1.99. The largest absolute Gasteiger partial charge is 0.462 e. The van der Waals surface area contributed by atoms with Crippen molar-refractivity contribution in [2.45, 2.75) is 38.8 Å². The summed E-state index contributed by atoms with van der Waals surface area (Å²) in [5.41, 5.74) is 5.40. The lowest BCUT2D eigenvalue weighted by Crippen LogP contribution is -2.35. The van der Waals surface area contributed by atoms with Gasteiger partial charge in [-0.2, -0.15) is 0 Å². The van der Waals surface area contributed by atoms with Gasteiger partial charge in [0.25, 0.3) is 0 Å². The maximum absolute atomic E-state index is 11.0. The van der Waals surface area contributed by atoms with Crippen molar-refractivity contribution in [2.24, 2.45) is 5.73 Å². The highest BCUT2D eigenvalue weighted by molar-refractivity contribution is 5.75. The molecule has 0 aliphatic rings. The first kappa shape index (κ1) is 11.4. The molecule has 0 aromatic rings. The van der Waals surface area contributed by atoms with Crippen LogP contribution in [0.15, 0.2) is 0 Å². The minimum atomic E-state index is -0.691. The molecule has 0 bridgehead atoms. The predicted molar refractivity (Wildman–Crippen MR) is 45.5 cm³/mol. The molecular weight excluding hydrogens is 158 g/mol. The van der Waals surface area contributed by atoms with Gasteiger partial charge in [-0.05, 0) is 19.8 Å². The molecule has 0 saturated heterocycles. The minimum Gasteiger partial charge on any atom is -0.462 e. The topological polar surface area (TPSA) is 72.5 Å². The lowest BCUT2D eigenvalue weighted by atomic mass is 10.2. The van der Waals surface area contributed by atoms with Crippen molar-refractivity contribution in [3.05, 3.63) is 0 Å². The number of hydrogen-bond donors (Lipinski definition) is 2. The summed E-state index contributed by atoms with van der Waals surface area (Å²) in [5, 5.41) is 8.49. The molecule has 1 unspecified atom stereocenters. The molecule has 0 rings (SSSR count). The van der Waals surface area contributed by atoms with Gasteiger partial charge in [0.15, 0.2) is 0 Å². The van der Waals surface area contributed by atoms with Crippen LogP contribution in [-0.2, 0) is 9.53 Å². The first-order chi connectivity index (χ1) is 5.61. The lowest BCUT2D eigenvalue weighted by molar-refractivity contribution is -0.150. The molecular formula is C8H17NO3. The Morgan fingerprint density at radius 1 is 1.67 bits per heavy atom. The first-order valence-electron chi connectivity index (χ1n) is 4.18. The molecule has 3 N–H and O–H groups in total. The van der Waals surface area contributed by atoms with Gasteiger partial charge in [-0.15, -0.1) is 0 Å². The maximum Gasteiger partial charge on any atom is 0.323 e. The molecule has 0 saturated carbocycles. The Balaban J connectivity index is 3.70. The van der Waals surface area contributed by atoms with Crippen LogP contribution in [0.5, 0.6) is 0 Å². The number of carbonyl (C=O) groups excluding carboxylic acids is 1. The first-order valence-corrected chi connectivity index (χ1v) is 4.18. The number of ether oxygens (including phenoxy) is 1. The number of nitrogens with two attached hydrogens (primary N) is 1. The van der Waals surface area contributed by atoms with E-state index in [0.717, 1.165) is 6.42 Å². The number of esters is 1. The Morgan fingerprint density at radius 2 is 2.25 bits per heavy atom. The van der Waals surface area contributed by atoms with Crippen molar-refractivity contribution in [1.29, 1.82) is 0 Å². The number of carbonyl (C=O) groups is 1. The molecule has 4 nitrogen and oxygen atoms in total. The zero-order chi connectivity index (χ0) is 9.56. The molecule has 0 aliphatic heterocycles. The van der Waals surface area contributed by atoms with E-state index in [1.807, 2.05) is 13.8 Å². The van der Waals surface area contributed by atoms with Crippen molar-refractivity contribution >= 4 is 5.97 Å². The molecule has 0 aromatic heterocycles. The fourth-order valence-corrected chi connectivity index (χ4v) is 0.626. The highest BCUT2D eigenvalue weighted by Gasteiger charge is 2.15. The normalized spacial score (nSPS) is 15.3.